The molecule has 7 nitrogen and oxygen atoms in total. The minimum atomic E-state index is 0.702. The number of nitrogens with zero attached hydrogens (tertiary/aromatic N) is 4. The lowest BCUT2D eigenvalue weighted by Gasteiger charge is -2.08. The summed E-state index contributed by atoms with van der Waals surface area (Å²) >= 11 is 0. The van der Waals surface area contributed by atoms with Crippen molar-refractivity contribution in [2.75, 3.05) is 0 Å². The molecule has 4 heterocycles. The van der Waals surface area contributed by atoms with Crippen molar-refractivity contribution in [1.29, 1.82) is 0 Å². The minimum absolute atomic E-state index is 0.702. The highest BCUT2D eigenvalue weighted by Gasteiger charge is 2.15. The molecule has 4 rings (SSSR count). The van der Waals surface area contributed by atoms with Gasteiger partial charge in [0.05, 0.1) is 12.7 Å². The molecule has 2 N–H and O–H groups in total. The maximum absolute atomic E-state index is 5.68. The Labute approximate surface area is 140 Å². The van der Waals surface area contributed by atoms with Crippen LogP contribution in [-0.2, 0) is 26.1 Å². The van der Waals surface area contributed by atoms with Gasteiger partial charge in [0.1, 0.15) is 23.1 Å². The van der Waals surface area contributed by atoms with Crippen molar-refractivity contribution in [2.45, 2.75) is 52.2 Å². The van der Waals surface area contributed by atoms with Crippen LogP contribution in [0.1, 0.15) is 42.2 Å². The smallest absolute Gasteiger partial charge is 0.152 e. The van der Waals surface area contributed by atoms with Gasteiger partial charge < -0.3 is 14.3 Å². The van der Waals surface area contributed by atoms with Crippen molar-refractivity contribution in [3.05, 3.63) is 41.3 Å². The average Bonchev–Trinajstić information content (AvgIpc) is 3.26. The van der Waals surface area contributed by atoms with Crippen molar-refractivity contribution in [1.82, 2.24) is 30.3 Å². The third-order valence-corrected chi connectivity index (χ3v) is 4.49. The van der Waals surface area contributed by atoms with Gasteiger partial charge in [-0.15, -0.1) is 10.2 Å². The summed E-state index contributed by atoms with van der Waals surface area (Å²) in [7, 11) is 0. The summed E-state index contributed by atoms with van der Waals surface area (Å²) in [6, 6.07) is 3.92. The molecule has 126 valence electrons. The fourth-order valence-electron chi connectivity index (χ4n) is 3.21. The molecule has 7 heteroatoms. The van der Waals surface area contributed by atoms with Crippen LogP contribution in [0.3, 0.4) is 0 Å². The molecular weight excluding hydrogens is 304 g/mol. The number of aromatic amines is 1. The standard InChI is InChI=1S/C17H22N6O/c1-12-6-7-14(24-12)17-13(10-19-22-17)9-18-11-16-21-20-15-5-3-2-4-8-23(15)16/h6-7,10,18H,2-5,8-9,11H2,1H3,(H,19,22). The molecule has 1 aliphatic rings. The molecule has 24 heavy (non-hydrogen) atoms. The molecule has 0 saturated heterocycles. The van der Waals surface area contributed by atoms with Gasteiger partial charge in [-0.2, -0.15) is 5.10 Å². The van der Waals surface area contributed by atoms with Gasteiger partial charge in [0, 0.05) is 25.1 Å². The van der Waals surface area contributed by atoms with Crippen LogP contribution in [0.4, 0.5) is 0 Å². The van der Waals surface area contributed by atoms with Crippen LogP contribution in [0.5, 0.6) is 0 Å². The third kappa shape index (κ3) is 2.99. The van der Waals surface area contributed by atoms with Crippen LogP contribution in [-0.4, -0.2) is 25.0 Å². The molecule has 0 spiro atoms. The van der Waals surface area contributed by atoms with Crippen LogP contribution < -0.4 is 5.32 Å². The van der Waals surface area contributed by atoms with Crippen molar-refractivity contribution < 1.29 is 4.42 Å². The van der Waals surface area contributed by atoms with E-state index in [0.717, 1.165) is 47.4 Å². The Morgan fingerprint density at radius 3 is 3.04 bits per heavy atom. The summed E-state index contributed by atoms with van der Waals surface area (Å²) in [4.78, 5) is 0. The predicted octanol–water partition coefficient (Wildman–Crippen LogP) is 2.59. The molecule has 0 amide bonds. The number of H-pyrrole nitrogens is 1. The van der Waals surface area contributed by atoms with E-state index >= 15 is 0 Å². The van der Waals surface area contributed by atoms with E-state index in [0.29, 0.717) is 13.1 Å². The van der Waals surface area contributed by atoms with Crippen LogP contribution in [0.2, 0.25) is 0 Å². The van der Waals surface area contributed by atoms with Crippen molar-refractivity contribution in [3.8, 4) is 11.5 Å². The quantitative estimate of drug-likeness (QED) is 0.753. The van der Waals surface area contributed by atoms with Gasteiger partial charge in [-0.1, -0.05) is 6.42 Å². The van der Waals surface area contributed by atoms with Crippen LogP contribution in [0, 0.1) is 6.92 Å². The molecule has 0 saturated carbocycles. The molecule has 0 unspecified atom stereocenters. The zero-order valence-corrected chi connectivity index (χ0v) is 13.9. The fourth-order valence-corrected chi connectivity index (χ4v) is 3.21. The lowest BCUT2D eigenvalue weighted by atomic mass is 10.2. The zero-order chi connectivity index (χ0) is 16.4. The fraction of sp³-hybridized carbons (Fsp3) is 0.471. The molecule has 3 aromatic heterocycles. The Morgan fingerprint density at radius 2 is 2.17 bits per heavy atom. The number of aromatic nitrogens is 5. The van der Waals surface area contributed by atoms with Crippen LogP contribution >= 0.6 is 0 Å². The maximum Gasteiger partial charge on any atom is 0.152 e. The van der Waals surface area contributed by atoms with Gasteiger partial charge in [-0.05, 0) is 31.9 Å². The number of aryl methyl sites for hydroxylation is 2. The van der Waals surface area contributed by atoms with Gasteiger partial charge in [-0.3, -0.25) is 5.10 Å². The molecule has 0 atom stereocenters. The first kappa shape index (κ1) is 15.1. The number of nitrogens with one attached hydrogen (secondary N) is 2. The maximum atomic E-state index is 5.68. The molecule has 0 fully saturated rings. The second-order valence-corrected chi connectivity index (χ2v) is 6.28. The summed E-state index contributed by atoms with van der Waals surface area (Å²) in [5, 5.41) is 19.3. The van der Waals surface area contributed by atoms with Gasteiger partial charge in [-0.25, -0.2) is 0 Å². The van der Waals surface area contributed by atoms with E-state index in [4.69, 9.17) is 4.42 Å². The Hall–Kier alpha value is -2.41. The molecule has 0 bridgehead atoms. The van der Waals surface area contributed by atoms with Gasteiger partial charge >= 0.3 is 0 Å². The summed E-state index contributed by atoms with van der Waals surface area (Å²) in [5.41, 5.74) is 2.01. The average molecular weight is 326 g/mol. The molecule has 0 aromatic carbocycles. The predicted molar refractivity (Wildman–Crippen MR) is 89.1 cm³/mol. The van der Waals surface area contributed by atoms with E-state index in [2.05, 4.69) is 30.3 Å². The summed E-state index contributed by atoms with van der Waals surface area (Å²) in [6.45, 7) is 4.37. The summed E-state index contributed by atoms with van der Waals surface area (Å²) in [5.74, 6) is 3.85. The SMILES string of the molecule is Cc1ccc(-c2[nH]ncc2CNCc2nnc3n2CCCCC3)o1. The molecule has 1 aliphatic heterocycles. The number of hydrogen-bond acceptors (Lipinski definition) is 5. The van der Waals surface area contributed by atoms with Gasteiger partial charge in [0.25, 0.3) is 0 Å². The van der Waals surface area contributed by atoms with Gasteiger partial charge in [0.2, 0.25) is 0 Å². The van der Waals surface area contributed by atoms with Crippen LogP contribution in [0.15, 0.2) is 22.7 Å². The second-order valence-electron chi connectivity index (χ2n) is 6.28. The number of hydrogen-bond donors (Lipinski definition) is 2. The third-order valence-electron chi connectivity index (χ3n) is 4.49. The first-order valence-corrected chi connectivity index (χ1v) is 8.52. The number of rotatable bonds is 5. The highest BCUT2D eigenvalue weighted by atomic mass is 16.3. The Morgan fingerprint density at radius 1 is 1.21 bits per heavy atom. The molecule has 0 radical (unpaired) electrons. The second kappa shape index (κ2) is 6.60. The number of furan rings is 1. The topological polar surface area (TPSA) is 84.6 Å². The van der Waals surface area contributed by atoms with E-state index < -0.39 is 0 Å². The lowest BCUT2D eigenvalue weighted by Crippen LogP contribution is -2.17. The minimum Gasteiger partial charge on any atom is -0.460 e. The summed E-state index contributed by atoms with van der Waals surface area (Å²) < 4.78 is 7.95. The van der Waals surface area contributed by atoms with E-state index in [1.165, 1.54) is 19.3 Å². The normalized spacial score (nSPS) is 14.5. The Kier molecular flexibility index (Phi) is 4.17. The Bertz CT molecular complexity index is 815. The largest absolute Gasteiger partial charge is 0.460 e. The monoisotopic (exact) mass is 326 g/mol. The van der Waals surface area contributed by atoms with Gasteiger partial charge in [0.15, 0.2) is 5.76 Å². The van der Waals surface area contributed by atoms with Crippen molar-refractivity contribution in [2.24, 2.45) is 0 Å². The highest BCUT2D eigenvalue weighted by molar-refractivity contribution is 5.56. The van der Waals surface area contributed by atoms with Crippen molar-refractivity contribution >= 4 is 0 Å². The van der Waals surface area contributed by atoms with Crippen LogP contribution in [0.25, 0.3) is 11.5 Å². The van der Waals surface area contributed by atoms with E-state index in [-0.39, 0.29) is 0 Å². The first-order chi connectivity index (χ1) is 11.8. The highest BCUT2D eigenvalue weighted by Crippen LogP contribution is 2.23. The molecule has 3 aromatic rings. The summed E-state index contributed by atoms with van der Waals surface area (Å²) in [6.07, 6.45) is 6.58. The van der Waals surface area contributed by atoms with E-state index in [9.17, 15) is 0 Å². The van der Waals surface area contributed by atoms with E-state index in [1.807, 2.05) is 25.3 Å². The number of fused-ring (bicyclic) bond motifs is 1. The van der Waals surface area contributed by atoms with E-state index in [1.54, 1.807) is 0 Å². The molecule has 0 aliphatic carbocycles. The lowest BCUT2D eigenvalue weighted by molar-refractivity contribution is 0.544. The zero-order valence-electron chi connectivity index (χ0n) is 13.9. The Balaban J connectivity index is 1.42. The van der Waals surface area contributed by atoms with Crippen molar-refractivity contribution in [3.63, 3.8) is 0 Å². The molecular formula is C17H22N6O. The first-order valence-electron chi connectivity index (χ1n) is 8.52.